The van der Waals surface area contributed by atoms with Gasteiger partial charge in [-0.3, -0.25) is 4.79 Å². The molecule has 0 unspecified atom stereocenters. The van der Waals surface area contributed by atoms with Gasteiger partial charge in [0.15, 0.2) is 0 Å². The number of hydrogen-bond donors (Lipinski definition) is 0. The number of para-hydroxylation sites is 1. The number of benzene rings is 1. The zero-order valence-corrected chi connectivity index (χ0v) is 15.2. The molecule has 0 N–H and O–H groups in total. The molecule has 128 valence electrons. The second kappa shape index (κ2) is 6.71. The van der Waals surface area contributed by atoms with Crippen molar-refractivity contribution >= 4 is 11.6 Å². The van der Waals surface area contributed by atoms with Crippen LogP contribution in [0.25, 0.3) is 0 Å². The summed E-state index contributed by atoms with van der Waals surface area (Å²) >= 11 is 0. The Labute approximate surface area is 144 Å². The Kier molecular flexibility index (Phi) is 4.65. The van der Waals surface area contributed by atoms with Gasteiger partial charge in [0.25, 0.3) is 5.91 Å². The van der Waals surface area contributed by atoms with E-state index in [9.17, 15) is 4.79 Å². The third-order valence-electron chi connectivity index (χ3n) is 5.04. The molecule has 1 fully saturated rings. The molecular formula is C20H27N3O. The summed E-state index contributed by atoms with van der Waals surface area (Å²) < 4.78 is 2.13. The van der Waals surface area contributed by atoms with Crippen LogP contribution in [0.3, 0.4) is 0 Å². The van der Waals surface area contributed by atoms with E-state index in [1.54, 1.807) is 0 Å². The molecule has 4 nitrogen and oxygen atoms in total. The number of rotatable bonds is 3. The van der Waals surface area contributed by atoms with Gasteiger partial charge in [-0.05, 0) is 51.0 Å². The third kappa shape index (κ3) is 2.93. The molecule has 1 aliphatic rings. The average molecular weight is 325 g/mol. The maximum absolute atomic E-state index is 13.0. The van der Waals surface area contributed by atoms with Crippen LogP contribution < -0.4 is 4.90 Å². The molecule has 2 aromatic rings. The van der Waals surface area contributed by atoms with E-state index in [0.29, 0.717) is 0 Å². The minimum atomic E-state index is 0.173. The molecule has 0 saturated carbocycles. The highest BCUT2D eigenvalue weighted by molar-refractivity contribution is 5.94. The molecule has 1 aromatic carbocycles. The van der Waals surface area contributed by atoms with Crippen molar-refractivity contribution in [3.8, 4) is 0 Å². The summed E-state index contributed by atoms with van der Waals surface area (Å²) in [5.74, 6) is 0.173. The van der Waals surface area contributed by atoms with Gasteiger partial charge in [-0.25, -0.2) is 0 Å². The van der Waals surface area contributed by atoms with Crippen LogP contribution in [-0.4, -0.2) is 41.6 Å². The van der Waals surface area contributed by atoms with Gasteiger partial charge in [0.1, 0.15) is 5.69 Å². The van der Waals surface area contributed by atoms with Crippen LogP contribution in [0.5, 0.6) is 0 Å². The van der Waals surface area contributed by atoms with Crippen molar-refractivity contribution in [3.05, 3.63) is 52.8 Å². The Morgan fingerprint density at radius 3 is 2.29 bits per heavy atom. The summed E-state index contributed by atoms with van der Waals surface area (Å²) in [7, 11) is 0. The van der Waals surface area contributed by atoms with Gasteiger partial charge >= 0.3 is 0 Å². The minimum Gasteiger partial charge on any atom is -0.368 e. The Balaban J connectivity index is 1.73. The molecule has 0 bridgehead atoms. The molecule has 3 rings (SSSR count). The minimum absolute atomic E-state index is 0.173. The maximum atomic E-state index is 13.0. The van der Waals surface area contributed by atoms with E-state index < -0.39 is 0 Å². The van der Waals surface area contributed by atoms with Crippen LogP contribution in [0.1, 0.15) is 34.2 Å². The number of carbonyl (C=O) groups is 1. The maximum Gasteiger partial charge on any atom is 0.270 e. The van der Waals surface area contributed by atoms with Crippen molar-refractivity contribution in [1.82, 2.24) is 9.47 Å². The molecule has 1 aliphatic heterocycles. The smallest absolute Gasteiger partial charge is 0.270 e. The topological polar surface area (TPSA) is 28.5 Å². The van der Waals surface area contributed by atoms with Crippen LogP contribution in [-0.2, 0) is 6.54 Å². The molecule has 0 atom stereocenters. The lowest BCUT2D eigenvalue weighted by molar-refractivity contribution is 0.0735. The first-order valence-electron chi connectivity index (χ1n) is 8.79. The van der Waals surface area contributed by atoms with Gasteiger partial charge in [-0.15, -0.1) is 0 Å². The van der Waals surface area contributed by atoms with Crippen LogP contribution in [0.2, 0.25) is 0 Å². The molecule has 1 saturated heterocycles. The van der Waals surface area contributed by atoms with Crippen molar-refractivity contribution in [3.63, 3.8) is 0 Å². The number of aromatic nitrogens is 1. The fourth-order valence-corrected chi connectivity index (χ4v) is 3.76. The zero-order valence-electron chi connectivity index (χ0n) is 15.2. The van der Waals surface area contributed by atoms with Crippen LogP contribution in [0.15, 0.2) is 30.3 Å². The van der Waals surface area contributed by atoms with E-state index in [-0.39, 0.29) is 5.91 Å². The largest absolute Gasteiger partial charge is 0.368 e. The molecule has 1 amide bonds. The Bertz CT molecular complexity index is 739. The molecule has 2 heterocycles. The molecule has 24 heavy (non-hydrogen) atoms. The fourth-order valence-electron chi connectivity index (χ4n) is 3.76. The molecule has 0 spiro atoms. The first-order chi connectivity index (χ1) is 11.5. The van der Waals surface area contributed by atoms with Crippen molar-refractivity contribution in [2.45, 2.75) is 34.2 Å². The lowest BCUT2D eigenvalue weighted by atomic mass is 10.1. The highest BCUT2D eigenvalue weighted by Gasteiger charge is 2.26. The van der Waals surface area contributed by atoms with E-state index in [1.807, 2.05) is 11.8 Å². The summed E-state index contributed by atoms with van der Waals surface area (Å²) in [6.07, 6.45) is 0. The lowest BCUT2D eigenvalue weighted by Crippen LogP contribution is -2.49. The fraction of sp³-hybridized carbons (Fsp3) is 0.450. The van der Waals surface area contributed by atoms with Gasteiger partial charge in [0, 0.05) is 44.1 Å². The Hall–Kier alpha value is -2.23. The number of amides is 1. The van der Waals surface area contributed by atoms with E-state index in [4.69, 9.17) is 0 Å². The standard InChI is InChI=1S/C20H27N3O/c1-5-23-17(4)14-16(3)19(23)20(24)22-12-10-21(11-13-22)18-9-7-6-8-15(18)2/h6-9,14H,5,10-13H2,1-4H3. The molecule has 1 aromatic heterocycles. The molecular weight excluding hydrogens is 298 g/mol. The summed E-state index contributed by atoms with van der Waals surface area (Å²) in [5, 5.41) is 0. The van der Waals surface area contributed by atoms with Gasteiger partial charge in [-0.2, -0.15) is 0 Å². The number of carbonyl (C=O) groups excluding carboxylic acids is 1. The lowest BCUT2D eigenvalue weighted by Gasteiger charge is -2.37. The quantitative estimate of drug-likeness (QED) is 0.865. The summed E-state index contributed by atoms with van der Waals surface area (Å²) in [6, 6.07) is 10.6. The van der Waals surface area contributed by atoms with Gasteiger partial charge in [0.05, 0.1) is 0 Å². The highest BCUT2D eigenvalue weighted by Crippen LogP contribution is 2.22. The third-order valence-corrected chi connectivity index (χ3v) is 5.04. The van der Waals surface area contributed by atoms with Crippen LogP contribution in [0, 0.1) is 20.8 Å². The number of anilines is 1. The average Bonchev–Trinajstić information content (AvgIpc) is 2.88. The van der Waals surface area contributed by atoms with Crippen LogP contribution in [0.4, 0.5) is 5.69 Å². The van der Waals surface area contributed by atoms with Crippen molar-refractivity contribution in [2.75, 3.05) is 31.1 Å². The molecule has 0 aliphatic carbocycles. The SMILES string of the molecule is CCn1c(C)cc(C)c1C(=O)N1CCN(c2ccccc2C)CC1. The van der Waals surface area contributed by atoms with E-state index >= 15 is 0 Å². The van der Waals surface area contributed by atoms with Crippen LogP contribution >= 0.6 is 0 Å². The Morgan fingerprint density at radius 2 is 1.67 bits per heavy atom. The van der Waals surface area contributed by atoms with Gasteiger partial charge < -0.3 is 14.4 Å². The number of hydrogen-bond acceptors (Lipinski definition) is 2. The Morgan fingerprint density at radius 1 is 1.00 bits per heavy atom. The van der Waals surface area contributed by atoms with E-state index in [1.165, 1.54) is 11.3 Å². The normalized spacial score (nSPS) is 15.0. The van der Waals surface area contributed by atoms with Gasteiger partial charge in [-0.1, -0.05) is 18.2 Å². The monoisotopic (exact) mass is 325 g/mol. The van der Waals surface area contributed by atoms with Crippen molar-refractivity contribution in [1.29, 1.82) is 0 Å². The summed E-state index contributed by atoms with van der Waals surface area (Å²) in [4.78, 5) is 17.4. The number of piperazine rings is 1. The first kappa shape index (κ1) is 16.6. The summed E-state index contributed by atoms with van der Waals surface area (Å²) in [5.41, 5.74) is 5.69. The van der Waals surface area contributed by atoms with E-state index in [2.05, 4.69) is 60.6 Å². The molecule has 0 radical (unpaired) electrons. The predicted octanol–water partition coefficient (Wildman–Crippen LogP) is 3.40. The predicted molar refractivity (Wildman–Crippen MR) is 98.9 cm³/mol. The summed E-state index contributed by atoms with van der Waals surface area (Å²) in [6.45, 7) is 12.5. The highest BCUT2D eigenvalue weighted by atomic mass is 16.2. The molecule has 4 heteroatoms. The number of aryl methyl sites for hydroxylation is 3. The second-order valence-corrected chi connectivity index (χ2v) is 6.63. The van der Waals surface area contributed by atoms with Crippen molar-refractivity contribution in [2.24, 2.45) is 0 Å². The first-order valence-corrected chi connectivity index (χ1v) is 8.79. The zero-order chi connectivity index (χ0) is 17.3. The number of nitrogens with zero attached hydrogens (tertiary/aromatic N) is 3. The van der Waals surface area contributed by atoms with Gasteiger partial charge in [0.2, 0.25) is 0 Å². The van der Waals surface area contributed by atoms with Crippen molar-refractivity contribution < 1.29 is 4.79 Å². The second-order valence-electron chi connectivity index (χ2n) is 6.63. The van der Waals surface area contributed by atoms with E-state index in [0.717, 1.165) is 49.7 Å².